The lowest BCUT2D eigenvalue weighted by atomic mass is 10.1. The van der Waals surface area contributed by atoms with E-state index < -0.39 is 10.9 Å². The van der Waals surface area contributed by atoms with Crippen molar-refractivity contribution in [1.82, 2.24) is 0 Å². The van der Waals surface area contributed by atoms with E-state index in [0.29, 0.717) is 5.56 Å². The Morgan fingerprint density at radius 3 is 2.78 bits per heavy atom. The van der Waals surface area contributed by atoms with Crippen molar-refractivity contribution in [3.63, 3.8) is 0 Å². The highest BCUT2D eigenvalue weighted by molar-refractivity contribution is 5.89. The first-order chi connectivity index (χ1) is 8.45. The normalized spacial score (nSPS) is 9.22. The molecule has 0 amide bonds. The highest BCUT2D eigenvalue weighted by Gasteiger charge is 2.15. The minimum Gasteiger partial charge on any atom is -0.456 e. The monoisotopic (exact) mass is 248 g/mol. The Hall–Kier alpha value is -2.55. The maximum absolute atomic E-state index is 11.1. The Kier molecular flexibility index (Phi) is 4.27. The van der Waals surface area contributed by atoms with E-state index in [2.05, 4.69) is 16.6 Å². The van der Waals surface area contributed by atoms with Crippen LogP contribution in [0.5, 0.6) is 0 Å². The maximum atomic E-state index is 11.1. The standard InChI is InChI=1S/C12H12N2O4/c1-3-18-11(15)5-4-9-6-8(2)7-10(12(9)13)14(16)17/h6-7H,3,13H2,1-2H3. The van der Waals surface area contributed by atoms with Gasteiger partial charge in [0.2, 0.25) is 0 Å². The van der Waals surface area contributed by atoms with Crippen molar-refractivity contribution in [3.05, 3.63) is 33.4 Å². The van der Waals surface area contributed by atoms with E-state index in [4.69, 9.17) is 5.73 Å². The van der Waals surface area contributed by atoms with Gasteiger partial charge in [-0.25, -0.2) is 4.79 Å². The number of aryl methyl sites for hydroxylation is 1. The highest BCUT2D eigenvalue weighted by Crippen LogP contribution is 2.26. The molecule has 0 bridgehead atoms. The molecule has 2 N–H and O–H groups in total. The van der Waals surface area contributed by atoms with Crippen LogP contribution >= 0.6 is 0 Å². The molecule has 1 aromatic carbocycles. The van der Waals surface area contributed by atoms with Crippen LogP contribution in [0.1, 0.15) is 18.1 Å². The van der Waals surface area contributed by atoms with E-state index in [9.17, 15) is 14.9 Å². The number of carbonyl (C=O) groups is 1. The summed E-state index contributed by atoms with van der Waals surface area (Å²) in [6.07, 6.45) is 0. The SMILES string of the molecule is CCOC(=O)C#Cc1cc(C)cc([N+](=O)[O-])c1N. The van der Waals surface area contributed by atoms with Crippen molar-refractivity contribution in [1.29, 1.82) is 0 Å². The van der Waals surface area contributed by atoms with Crippen LogP contribution in [0.4, 0.5) is 11.4 Å². The number of nitro groups is 1. The van der Waals surface area contributed by atoms with Gasteiger partial charge in [0.05, 0.1) is 17.1 Å². The molecule has 94 valence electrons. The zero-order valence-electron chi connectivity index (χ0n) is 10.0. The van der Waals surface area contributed by atoms with Gasteiger partial charge in [-0.1, -0.05) is 5.92 Å². The van der Waals surface area contributed by atoms with Crippen LogP contribution in [0.2, 0.25) is 0 Å². The fourth-order valence-corrected chi connectivity index (χ4v) is 1.32. The summed E-state index contributed by atoms with van der Waals surface area (Å²) in [5, 5.41) is 10.8. The molecular weight excluding hydrogens is 236 g/mol. The molecule has 0 fully saturated rings. The number of nitrogens with zero attached hydrogens (tertiary/aromatic N) is 1. The number of carbonyl (C=O) groups excluding carboxylic acids is 1. The van der Waals surface area contributed by atoms with Gasteiger partial charge in [0.1, 0.15) is 5.69 Å². The molecule has 0 radical (unpaired) electrons. The lowest BCUT2D eigenvalue weighted by Gasteiger charge is -2.01. The Bertz CT molecular complexity index is 555. The molecule has 0 aliphatic heterocycles. The van der Waals surface area contributed by atoms with Gasteiger partial charge in [-0.15, -0.1) is 0 Å². The topological polar surface area (TPSA) is 95.5 Å². The van der Waals surface area contributed by atoms with Crippen molar-refractivity contribution in [3.8, 4) is 11.8 Å². The smallest absolute Gasteiger partial charge is 0.384 e. The summed E-state index contributed by atoms with van der Waals surface area (Å²) in [6.45, 7) is 3.56. The number of nitro benzene ring substituents is 1. The first-order valence-electron chi connectivity index (χ1n) is 5.19. The largest absolute Gasteiger partial charge is 0.456 e. The number of hydrogen-bond acceptors (Lipinski definition) is 5. The molecule has 0 atom stereocenters. The lowest BCUT2D eigenvalue weighted by molar-refractivity contribution is -0.384. The fourth-order valence-electron chi connectivity index (χ4n) is 1.32. The Morgan fingerprint density at radius 1 is 1.56 bits per heavy atom. The van der Waals surface area contributed by atoms with Crippen LogP contribution in [0, 0.1) is 28.9 Å². The molecule has 0 unspecified atom stereocenters. The second-order valence-electron chi connectivity index (χ2n) is 3.47. The van der Waals surface area contributed by atoms with Crippen LogP contribution in [0.15, 0.2) is 12.1 Å². The van der Waals surface area contributed by atoms with E-state index >= 15 is 0 Å². The summed E-state index contributed by atoms with van der Waals surface area (Å²) in [5.41, 5.74) is 6.23. The molecule has 0 aromatic heterocycles. The quantitative estimate of drug-likeness (QED) is 0.280. The Balaban J connectivity index is 3.17. The van der Waals surface area contributed by atoms with Gasteiger partial charge in [-0.3, -0.25) is 10.1 Å². The zero-order chi connectivity index (χ0) is 13.7. The number of esters is 1. The van der Waals surface area contributed by atoms with Gasteiger partial charge in [0, 0.05) is 12.0 Å². The van der Waals surface area contributed by atoms with Crippen LogP contribution in [0.3, 0.4) is 0 Å². The number of nitrogens with two attached hydrogens (primary N) is 1. The molecule has 6 nitrogen and oxygen atoms in total. The van der Waals surface area contributed by atoms with Gasteiger partial charge in [-0.2, -0.15) is 0 Å². The average molecular weight is 248 g/mol. The van der Waals surface area contributed by atoms with Gasteiger partial charge in [-0.05, 0) is 25.5 Å². The molecule has 0 saturated heterocycles. The van der Waals surface area contributed by atoms with E-state index in [1.54, 1.807) is 19.9 Å². The van der Waals surface area contributed by atoms with Crippen molar-refractivity contribution < 1.29 is 14.5 Å². The van der Waals surface area contributed by atoms with Crippen LogP contribution < -0.4 is 5.73 Å². The lowest BCUT2D eigenvalue weighted by Crippen LogP contribution is -2.01. The van der Waals surface area contributed by atoms with Crippen molar-refractivity contribution in [2.75, 3.05) is 12.3 Å². The number of anilines is 1. The third-order valence-electron chi connectivity index (χ3n) is 2.07. The fraction of sp³-hybridized carbons (Fsp3) is 0.250. The highest BCUT2D eigenvalue weighted by atomic mass is 16.6. The molecule has 6 heteroatoms. The molecule has 0 heterocycles. The second kappa shape index (κ2) is 5.68. The first-order valence-corrected chi connectivity index (χ1v) is 5.19. The number of rotatable bonds is 2. The average Bonchev–Trinajstić information content (AvgIpc) is 2.30. The first kappa shape index (κ1) is 13.5. The van der Waals surface area contributed by atoms with Gasteiger partial charge >= 0.3 is 5.97 Å². The zero-order valence-corrected chi connectivity index (χ0v) is 10.0. The van der Waals surface area contributed by atoms with E-state index in [1.165, 1.54) is 6.07 Å². The third-order valence-corrected chi connectivity index (χ3v) is 2.07. The maximum Gasteiger partial charge on any atom is 0.384 e. The van der Waals surface area contributed by atoms with Gasteiger partial charge in [0.15, 0.2) is 0 Å². The summed E-state index contributed by atoms with van der Waals surface area (Å²) in [5.74, 6) is 4.01. The minimum atomic E-state index is -0.693. The third kappa shape index (κ3) is 3.22. The van der Waals surface area contributed by atoms with Crippen molar-refractivity contribution in [2.45, 2.75) is 13.8 Å². The van der Waals surface area contributed by atoms with E-state index in [-0.39, 0.29) is 23.5 Å². The molecule has 0 aliphatic carbocycles. The number of nitrogen functional groups attached to an aromatic ring is 1. The van der Waals surface area contributed by atoms with Crippen LogP contribution in [0.25, 0.3) is 0 Å². The van der Waals surface area contributed by atoms with E-state index in [1.807, 2.05) is 0 Å². The summed E-state index contributed by atoms with van der Waals surface area (Å²) in [4.78, 5) is 21.2. The molecule has 18 heavy (non-hydrogen) atoms. The molecule has 0 spiro atoms. The second-order valence-corrected chi connectivity index (χ2v) is 3.47. The van der Waals surface area contributed by atoms with Gasteiger partial charge in [0.25, 0.3) is 5.69 Å². The van der Waals surface area contributed by atoms with Crippen LogP contribution in [-0.4, -0.2) is 17.5 Å². The predicted molar refractivity (Wildman–Crippen MR) is 65.8 cm³/mol. The van der Waals surface area contributed by atoms with Gasteiger partial charge < -0.3 is 10.5 Å². The number of ether oxygens (including phenoxy) is 1. The molecule has 1 rings (SSSR count). The van der Waals surface area contributed by atoms with Crippen LogP contribution in [-0.2, 0) is 9.53 Å². The summed E-state index contributed by atoms with van der Waals surface area (Å²) < 4.78 is 4.62. The molecule has 0 aliphatic rings. The molecular formula is C12H12N2O4. The van der Waals surface area contributed by atoms with Crippen molar-refractivity contribution in [2.24, 2.45) is 0 Å². The summed E-state index contributed by atoms with van der Waals surface area (Å²) in [7, 11) is 0. The molecule has 0 saturated carbocycles. The Labute approximate surface area is 104 Å². The van der Waals surface area contributed by atoms with Crippen molar-refractivity contribution >= 4 is 17.3 Å². The number of hydrogen-bond donors (Lipinski definition) is 1. The summed E-state index contributed by atoms with van der Waals surface area (Å²) >= 11 is 0. The minimum absolute atomic E-state index is 0.0533. The number of benzene rings is 1. The van der Waals surface area contributed by atoms with E-state index in [0.717, 1.165) is 0 Å². The molecule has 1 aromatic rings. The summed E-state index contributed by atoms with van der Waals surface area (Å²) in [6, 6.07) is 2.93. The Morgan fingerprint density at radius 2 is 2.22 bits per heavy atom. The predicted octanol–water partition coefficient (Wildman–Crippen LogP) is 1.40.